The van der Waals surface area contributed by atoms with E-state index in [0.29, 0.717) is 38.2 Å². The van der Waals surface area contributed by atoms with Gasteiger partial charge in [0.2, 0.25) is 0 Å². The van der Waals surface area contributed by atoms with Gasteiger partial charge in [0.05, 0.1) is 25.3 Å². The predicted octanol–water partition coefficient (Wildman–Crippen LogP) is 0.750. The number of nitrogens with one attached hydrogen (secondary N) is 2. The molecule has 3 rings (SSSR count). The summed E-state index contributed by atoms with van der Waals surface area (Å²) >= 11 is 0. The zero-order chi connectivity index (χ0) is 14.7. The molecule has 2 fully saturated rings. The maximum atomic E-state index is 13.5. The van der Waals surface area contributed by atoms with E-state index < -0.39 is 0 Å². The van der Waals surface area contributed by atoms with Gasteiger partial charge in [-0.05, 0) is 18.1 Å². The third kappa shape index (κ3) is 3.33. The molecule has 2 aliphatic rings. The molecule has 1 aromatic carbocycles. The van der Waals surface area contributed by atoms with Crippen molar-refractivity contribution in [2.45, 2.75) is 18.6 Å². The molecular formula is C15H20FN3O2. The van der Waals surface area contributed by atoms with Gasteiger partial charge in [-0.1, -0.05) is 18.2 Å². The first-order valence-corrected chi connectivity index (χ1v) is 7.35. The van der Waals surface area contributed by atoms with Crippen LogP contribution in [0.15, 0.2) is 24.3 Å². The number of hydrogen-bond acceptors (Lipinski definition) is 3. The van der Waals surface area contributed by atoms with E-state index in [1.54, 1.807) is 23.1 Å². The minimum absolute atomic E-state index is 0.0936. The Bertz CT molecular complexity index is 497. The van der Waals surface area contributed by atoms with E-state index in [1.807, 2.05) is 0 Å². The van der Waals surface area contributed by atoms with Gasteiger partial charge in [-0.25, -0.2) is 9.18 Å². The van der Waals surface area contributed by atoms with E-state index in [4.69, 9.17) is 4.74 Å². The van der Waals surface area contributed by atoms with Crippen LogP contribution < -0.4 is 10.6 Å². The number of carbonyl (C=O) groups excluding carboxylic acids is 1. The zero-order valence-electron chi connectivity index (χ0n) is 11.8. The van der Waals surface area contributed by atoms with Crippen molar-refractivity contribution in [1.82, 2.24) is 15.5 Å². The van der Waals surface area contributed by atoms with Crippen LogP contribution in [0.1, 0.15) is 5.56 Å². The van der Waals surface area contributed by atoms with E-state index in [1.165, 1.54) is 6.07 Å². The molecule has 5 nitrogen and oxygen atoms in total. The Balaban J connectivity index is 1.46. The largest absolute Gasteiger partial charge is 0.373 e. The van der Waals surface area contributed by atoms with Gasteiger partial charge in [-0.2, -0.15) is 0 Å². The molecule has 0 spiro atoms. The first-order valence-electron chi connectivity index (χ1n) is 7.35. The highest BCUT2D eigenvalue weighted by Gasteiger charge is 2.37. The molecule has 6 heteroatoms. The number of amides is 2. The van der Waals surface area contributed by atoms with Crippen LogP contribution in [0.25, 0.3) is 0 Å². The number of benzene rings is 1. The first-order chi connectivity index (χ1) is 10.2. The van der Waals surface area contributed by atoms with Gasteiger partial charge in [0.15, 0.2) is 0 Å². The van der Waals surface area contributed by atoms with Gasteiger partial charge in [-0.15, -0.1) is 0 Å². The summed E-state index contributed by atoms with van der Waals surface area (Å²) in [6.07, 6.45) is 0.587. The summed E-state index contributed by atoms with van der Waals surface area (Å²) in [6, 6.07) is 6.77. The highest BCUT2D eigenvalue weighted by Crippen LogP contribution is 2.16. The first kappa shape index (κ1) is 14.3. The fourth-order valence-electron chi connectivity index (χ4n) is 2.88. The van der Waals surface area contributed by atoms with Crippen molar-refractivity contribution in [3.05, 3.63) is 35.6 Å². The summed E-state index contributed by atoms with van der Waals surface area (Å²) in [5.74, 6) is -0.225. The fraction of sp³-hybridized carbons (Fsp3) is 0.533. The second kappa shape index (κ2) is 6.41. The molecule has 0 unspecified atom stereocenters. The molecule has 2 saturated heterocycles. The van der Waals surface area contributed by atoms with Crippen molar-refractivity contribution in [1.29, 1.82) is 0 Å². The van der Waals surface area contributed by atoms with Gasteiger partial charge >= 0.3 is 6.03 Å². The normalized spacial score (nSPS) is 24.7. The molecule has 2 amide bonds. The number of carbonyl (C=O) groups is 1. The standard InChI is InChI=1S/C15H20FN3O2/c16-12-4-2-1-3-11(12)5-6-18-15(20)19-9-13-14(10-19)21-8-7-17-13/h1-4,13-14,17H,5-10H2,(H,18,20)/t13-,14-/m0/s1. The molecular weight excluding hydrogens is 273 g/mol. The summed E-state index contributed by atoms with van der Waals surface area (Å²) in [7, 11) is 0. The van der Waals surface area contributed by atoms with Crippen LogP contribution in [-0.4, -0.2) is 55.9 Å². The Morgan fingerprint density at radius 2 is 2.29 bits per heavy atom. The summed E-state index contributed by atoms with van der Waals surface area (Å²) in [5, 5.41) is 6.21. The molecule has 2 heterocycles. The minimum Gasteiger partial charge on any atom is -0.373 e. The van der Waals surface area contributed by atoms with Crippen molar-refractivity contribution < 1.29 is 13.9 Å². The summed E-state index contributed by atoms with van der Waals surface area (Å²) in [6.45, 7) is 3.24. The Morgan fingerprint density at radius 1 is 1.43 bits per heavy atom. The smallest absolute Gasteiger partial charge is 0.317 e. The van der Waals surface area contributed by atoms with Crippen molar-refractivity contribution in [3.63, 3.8) is 0 Å². The molecule has 0 aliphatic carbocycles. The van der Waals surface area contributed by atoms with Gasteiger partial charge in [-0.3, -0.25) is 0 Å². The lowest BCUT2D eigenvalue weighted by Crippen LogP contribution is -2.47. The molecule has 114 valence electrons. The highest BCUT2D eigenvalue weighted by atomic mass is 19.1. The van der Waals surface area contributed by atoms with E-state index in [-0.39, 0.29) is 24.0 Å². The SMILES string of the molecule is O=C(NCCc1ccccc1F)N1C[C@@H]2NCCO[C@H]2C1. The van der Waals surface area contributed by atoms with Gasteiger partial charge in [0, 0.05) is 19.6 Å². The molecule has 2 aliphatic heterocycles. The molecule has 2 N–H and O–H groups in total. The average molecular weight is 293 g/mol. The number of nitrogens with zero attached hydrogens (tertiary/aromatic N) is 1. The van der Waals surface area contributed by atoms with Gasteiger partial charge in [0.1, 0.15) is 5.82 Å². The van der Waals surface area contributed by atoms with Crippen LogP contribution in [0.3, 0.4) is 0 Å². The number of likely N-dealkylation sites (tertiary alicyclic amines) is 1. The van der Waals surface area contributed by atoms with Crippen LogP contribution in [0.4, 0.5) is 9.18 Å². The molecule has 2 atom stereocenters. The predicted molar refractivity (Wildman–Crippen MR) is 76.6 cm³/mol. The topological polar surface area (TPSA) is 53.6 Å². The Morgan fingerprint density at radius 3 is 3.10 bits per heavy atom. The number of ether oxygens (including phenoxy) is 1. The lowest BCUT2D eigenvalue weighted by atomic mass is 10.1. The van der Waals surface area contributed by atoms with Gasteiger partial charge in [0.25, 0.3) is 0 Å². The second-order valence-corrected chi connectivity index (χ2v) is 5.45. The average Bonchev–Trinajstić information content (AvgIpc) is 2.93. The Hall–Kier alpha value is -1.66. The number of rotatable bonds is 3. The third-order valence-corrected chi connectivity index (χ3v) is 4.02. The summed E-state index contributed by atoms with van der Waals surface area (Å²) in [5.41, 5.74) is 0.623. The number of halogens is 1. The highest BCUT2D eigenvalue weighted by molar-refractivity contribution is 5.74. The lowest BCUT2D eigenvalue weighted by molar-refractivity contribution is 0.0186. The zero-order valence-corrected chi connectivity index (χ0v) is 11.8. The van der Waals surface area contributed by atoms with Crippen LogP contribution in [0.5, 0.6) is 0 Å². The van der Waals surface area contributed by atoms with E-state index in [2.05, 4.69) is 10.6 Å². The lowest BCUT2D eigenvalue weighted by Gasteiger charge is -2.25. The fourth-order valence-corrected chi connectivity index (χ4v) is 2.88. The van der Waals surface area contributed by atoms with E-state index >= 15 is 0 Å². The van der Waals surface area contributed by atoms with E-state index in [0.717, 1.165) is 6.54 Å². The van der Waals surface area contributed by atoms with Crippen LogP contribution in [-0.2, 0) is 11.2 Å². The van der Waals surface area contributed by atoms with Crippen LogP contribution >= 0.6 is 0 Å². The van der Waals surface area contributed by atoms with Crippen LogP contribution in [0, 0.1) is 5.82 Å². The Kier molecular flexibility index (Phi) is 4.36. The summed E-state index contributed by atoms with van der Waals surface area (Å²) in [4.78, 5) is 13.9. The third-order valence-electron chi connectivity index (χ3n) is 4.02. The monoisotopic (exact) mass is 293 g/mol. The van der Waals surface area contributed by atoms with Gasteiger partial charge < -0.3 is 20.3 Å². The second-order valence-electron chi connectivity index (χ2n) is 5.45. The molecule has 0 radical (unpaired) electrons. The van der Waals surface area contributed by atoms with Crippen molar-refractivity contribution in [2.24, 2.45) is 0 Å². The van der Waals surface area contributed by atoms with Crippen molar-refractivity contribution in [3.8, 4) is 0 Å². The molecule has 0 bridgehead atoms. The number of fused-ring (bicyclic) bond motifs is 1. The number of urea groups is 1. The number of hydrogen-bond donors (Lipinski definition) is 2. The quantitative estimate of drug-likeness (QED) is 0.865. The van der Waals surface area contributed by atoms with E-state index in [9.17, 15) is 9.18 Å². The maximum absolute atomic E-state index is 13.5. The number of morpholine rings is 1. The molecule has 21 heavy (non-hydrogen) atoms. The van der Waals surface area contributed by atoms with Crippen molar-refractivity contribution >= 4 is 6.03 Å². The molecule has 0 saturated carbocycles. The maximum Gasteiger partial charge on any atom is 0.317 e. The Labute approximate surface area is 123 Å². The molecule has 1 aromatic rings. The van der Waals surface area contributed by atoms with Crippen molar-refractivity contribution in [2.75, 3.05) is 32.8 Å². The van der Waals surface area contributed by atoms with Crippen LogP contribution in [0.2, 0.25) is 0 Å². The molecule has 0 aromatic heterocycles. The minimum atomic E-state index is -0.225. The summed E-state index contributed by atoms with van der Waals surface area (Å²) < 4.78 is 19.1.